The quantitative estimate of drug-likeness (QED) is 0.847. The summed E-state index contributed by atoms with van der Waals surface area (Å²) in [5, 5.41) is 9.78. The summed E-state index contributed by atoms with van der Waals surface area (Å²) in [7, 11) is 4.25. The van der Waals surface area contributed by atoms with Crippen molar-refractivity contribution in [3.05, 3.63) is 29.8 Å². The molecule has 0 atom stereocenters. The minimum absolute atomic E-state index is 0.881. The highest BCUT2D eigenvalue weighted by Crippen LogP contribution is 2.29. The van der Waals surface area contributed by atoms with Crippen LogP contribution in [-0.2, 0) is 6.67 Å². The van der Waals surface area contributed by atoms with Gasteiger partial charge in [0.2, 0.25) is 0 Å². The minimum Gasteiger partial charge on any atom is -0.309 e. The summed E-state index contributed by atoms with van der Waals surface area (Å²) in [5.74, 6) is 1.97. The molecule has 0 saturated heterocycles. The molecule has 0 aliphatic carbocycles. The fourth-order valence-corrected chi connectivity index (χ4v) is 3.56. The summed E-state index contributed by atoms with van der Waals surface area (Å²) >= 11 is 1.78. The Morgan fingerprint density at radius 2 is 2.14 bits per heavy atom. The number of hydrogen-bond acceptors (Lipinski definition) is 5. The van der Waals surface area contributed by atoms with Crippen LogP contribution in [0.3, 0.4) is 0 Å². The van der Waals surface area contributed by atoms with Crippen molar-refractivity contribution in [2.24, 2.45) is 0 Å². The molecule has 0 saturated carbocycles. The van der Waals surface area contributed by atoms with Crippen LogP contribution in [0, 0.1) is 6.92 Å². The molecule has 1 aromatic carbocycles. The van der Waals surface area contributed by atoms with Crippen LogP contribution in [0.25, 0.3) is 11.4 Å². The van der Waals surface area contributed by atoms with Gasteiger partial charge in [-0.3, -0.25) is 9.47 Å². The molecule has 1 aliphatic rings. The van der Waals surface area contributed by atoms with Gasteiger partial charge in [-0.25, -0.2) is 0 Å². The number of aromatic nitrogens is 3. The predicted octanol–water partition coefficient (Wildman–Crippen LogP) is 2.53. The molecule has 2 aromatic rings. The zero-order valence-electron chi connectivity index (χ0n) is 13.5. The van der Waals surface area contributed by atoms with Crippen molar-refractivity contribution in [2.75, 3.05) is 33.1 Å². The SMILES string of the molecule is Cc1cccc(-c2nnc3n2CN(CCCN(C)C)CS3)c1. The maximum Gasteiger partial charge on any atom is 0.193 e. The lowest BCUT2D eigenvalue weighted by atomic mass is 10.1. The summed E-state index contributed by atoms with van der Waals surface area (Å²) in [6.45, 7) is 5.22. The largest absolute Gasteiger partial charge is 0.309 e. The van der Waals surface area contributed by atoms with E-state index in [-0.39, 0.29) is 0 Å². The van der Waals surface area contributed by atoms with Crippen LogP contribution >= 0.6 is 11.8 Å². The van der Waals surface area contributed by atoms with Crippen molar-refractivity contribution in [2.45, 2.75) is 25.2 Å². The molecule has 0 fully saturated rings. The molecule has 0 amide bonds. The third-order valence-electron chi connectivity index (χ3n) is 3.79. The van der Waals surface area contributed by atoms with E-state index >= 15 is 0 Å². The standard InChI is InChI=1S/C16H23N5S/c1-13-6-4-7-14(10-13)15-17-18-16-21(15)11-20(12-22-16)9-5-8-19(2)3/h4,6-7,10H,5,8-9,11-12H2,1-3H3. The fourth-order valence-electron chi connectivity index (χ4n) is 2.66. The molecule has 1 aromatic heterocycles. The van der Waals surface area contributed by atoms with E-state index in [4.69, 9.17) is 0 Å². The number of hydrogen-bond donors (Lipinski definition) is 0. The Bertz CT molecular complexity index is 637. The molecular formula is C16H23N5S. The first-order chi connectivity index (χ1) is 10.6. The highest BCUT2D eigenvalue weighted by molar-refractivity contribution is 7.99. The molecule has 0 N–H and O–H groups in total. The van der Waals surface area contributed by atoms with E-state index in [0.717, 1.165) is 42.2 Å². The maximum absolute atomic E-state index is 4.41. The summed E-state index contributed by atoms with van der Waals surface area (Å²) in [5.41, 5.74) is 2.40. The van der Waals surface area contributed by atoms with Crippen LogP contribution in [0.1, 0.15) is 12.0 Å². The van der Waals surface area contributed by atoms with Crippen molar-refractivity contribution < 1.29 is 0 Å². The first kappa shape index (κ1) is 15.5. The van der Waals surface area contributed by atoms with E-state index in [1.54, 1.807) is 11.8 Å². The van der Waals surface area contributed by atoms with Crippen molar-refractivity contribution in [3.63, 3.8) is 0 Å². The van der Waals surface area contributed by atoms with Crippen molar-refractivity contribution in [3.8, 4) is 11.4 Å². The molecule has 2 heterocycles. The van der Waals surface area contributed by atoms with Gasteiger partial charge in [0.15, 0.2) is 11.0 Å². The van der Waals surface area contributed by atoms with Gasteiger partial charge in [-0.15, -0.1) is 10.2 Å². The van der Waals surface area contributed by atoms with Gasteiger partial charge in [-0.2, -0.15) is 0 Å². The number of benzene rings is 1. The molecule has 0 spiro atoms. The highest BCUT2D eigenvalue weighted by atomic mass is 32.2. The molecule has 5 nitrogen and oxygen atoms in total. The van der Waals surface area contributed by atoms with Crippen LogP contribution in [0.15, 0.2) is 29.4 Å². The van der Waals surface area contributed by atoms with Crippen molar-refractivity contribution in [1.82, 2.24) is 24.6 Å². The lowest BCUT2D eigenvalue weighted by Gasteiger charge is -2.28. The molecule has 118 valence electrons. The summed E-state index contributed by atoms with van der Waals surface area (Å²) in [6.07, 6.45) is 1.19. The predicted molar refractivity (Wildman–Crippen MR) is 90.8 cm³/mol. The van der Waals surface area contributed by atoms with E-state index in [0.29, 0.717) is 0 Å². The van der Waals surface area contributed by atoms with Crippen LogP contribution in [0.4, 0.5) is 0 Å². The summed E-state index contributed by atoms with van der Waals surface area (Å²) < 4.78 is 2.23. The number of fused-ring (bicyclic) bond motifs is 1. The Labute approximate surface area is 136 Å². The van der Waals surface area contributed by atoms with E-state index in [1.165, 1.54) is 12.0 Å². The van der Waals surface area contributed by atoms with Crippen LogP contribution < -0.4 is 0 Å². The lowest BCUT2D eigenvalue weighted by Crippen LogP contribution is -2.32. The maximum atomic E-state index is 4.41. The van der Waals surface area contributed by atoms with Crippen LogP contribution in [0.2, 0.25) is 0 Å². The molecule has 0 bridgehead atoms. The van der Waals surface area contributed by atoms with Crippen molar-refractivity contribution in [1.29, 1.82) is 0 Å². The van der Waals surface area contributed by atoms with E-state index in [1.807, 2.05) is 0 Å². The molecule has 0 unspecified atom stereocenters. The van der Waals surface area contributed by atoms with E-state index in [2.05, 4.69) is 69.8 Å². The van der Waals surface area contributed by atoms with Gasteiger partial charge in [0.25, 0.3) is 0 Å². The van der Waals surface area contributed by atoms with Crippen LogP contribution in [0.5, 0.6) is 0 Å². The Hall–Kier alpha value is -1.37. The van der Waals surface area contributed by atoms with Crippen molar-refractivity contribution >= 4 is 11.8 Å². The average Bonchev–Trinajstić information content (AvgIpc) is 2.90. The van der Waals surface area contributed by atoms with E-state index in [9.17, 15) is 0 Å². The second-order valence-corrected chi connectivity index (χ2v) is 6.98. The summed E-state index contributed by atoms with van der Waals surface area (Å²) in [4.78, 5) is 4.70. The Balaban J connectivity index is 1.74. The number of aryl methyl sites for hydroxylation is 1. The Kier molecular flexibility index (Phi) is 4.81. The van der Waals surface area contributed by atoms with Gasteiger partial charge in [-0.1, -0.05) is 35.5 Å². The molecular weight excluding hydrogens is 294 g/mol. The molecule has 6 heteroatoms. The van der Waals surface area contributed by atoms with Gasteiger partial charge >= 0.3 is 0 Å². The van der Waals surface area contributed by atoms with Gasteiger partial charge < -0.3 is 4.90 Å². The summed E-state index contributed by atoms with van der Waals surface area (Å²) in [6, 6.07) is 8.48. The molecule has 22 heavy (non-hydrogen) atoms. The number of thioether (sulfide) groups is 1. The monoisotopic (exact) mass is 317 g/mol. The third kappa shape index (κ3) is 3.51. The fraction of sp³-hybridized carbons (Fsp3) is 0.500. The topological polar surface area (TPSA) is 37.2 Å². The molecule has 0 radical (unpaired) electrons. The average molecular weight is 317 g/mol. The molecule has 1 aliphatic heterocycles. The number of nitrogens with zero attached hydrogens (tertiary/aromatic N) is 5. The second kappa shape index (κ2) is 6.81. The highest BCUT2D eigenvalue weighted by Gasteiger charge is 2.22. The van der Waals surface area contributed by atoms with Gasteiger partial charge in [-0.05, 0) is 40.1 Å². The zero-order valence-corrected chi connectivity index (χ0v) is 14.3. The minimum atomic E-state index is 0.881. The first-order valence-electron chi connectivity index (χ1n) is 7.63. The normalized spacial score (nSPS) is 15.3. The van der Waals surface area contributed by atoms with Gasteiger partial charge in [0.1, 0.15) is 0 Å². The number of rotatable bonds is 5. The first-order valence-corrected chi connectivity index (χ1v) is 8.62. The van der Waals surface area contributed by atoms with Gasteiger partial charge in [0, 0.05) is 12.1 Å². The third-order valence-corrected chi connectivity index (χ3v) is 4.84. The van der Waals surface area contributed by atoms with Crippen LogP contribution in [-0.4, -0.2) is 57.6 Å². The lowest BCUT2D eigenvalue weighted by molar-refractivity contribution is 0.226. The Morgan fingerprint density at radius 3 is 2.91 bits per heavy atom. The Morgan fingerprint density at radius 1 is 1.27 bits per heavy atom. The van der Waals surface area contributed by atoms with E-state index < -0.39 is 0 Å². The smallest absolute Gasteiger partial charge is 0.193 e. The van der Waals surface area contributed by atoms with Gasteiger partial charge in [0.05, 0.1) is 12.5 Å². The zero-order chi connectivity index (χ0) is 15.5. The second-order valence-electron chi connectivity index (χ2n) is 6.07. The molecule has 3 rings (SSSR count).